The predicted molar refractivity (Wildman–Crippen MR) is 96.9 cm³/mol. The van der Waals surface area contributed by atoms with E-state index in [1.807, 2.05) is 0 Å². The Kier molecular flexibility index (Phi) is 2.94. The van der Waals surface area contributed by atoms with Gasteiger partial charge in [-0.05, 0) is 81.0 Å². The third kappa shape index (κ3) is 1.76. The maximum absolute atomic E-state index is 11.1. The lowest BCUT2D eigenvalue weighted by Crippen LogP contribution is -2.51. The fourth-order valence-corrected chi connectivity index (χ4v) is 8.14. The van der Waals surface area contributed by atoms with Gasteiger partial charge in [-0.15, -0.1) is 0 Å². The Labute approximate surface area is 150 Å². The van der Waals surface area contributed by atoms with Gasteiger partial charge in [0.05, 0.1) is 18.2 Å². The Bertz CT molecular complexity index is 696. The maximum Gasteiger partial charge on any atom is 0.0959 e. The fourth-order valence-electron chi connectivity index (χ4n) is 8.14. The third-order valence-corrected chi connectivity index (χ3v) is 9.33. The van der Waals surface area contributed by atoms with Crippen LogP contribution in [0.3, 0.4) is 0 Å². The van der Waals surface area contributed by atoms with Crippen molar-refractivity contribution in [1.82, 2.24) is 0 Å². The Morgan fingerprint density at radius 2 is 2.08 bits per heavy atom. The minimum absolute atomic E-state index is 0.0424. The van der Waals surface area contributed by atoms with Crippen molar-refractivity contribution in [1.29, 1.82) is 0 Å². The molecule has 0 aromatic heterocycles. The van der Waals surface area contributed by atoms with Crippen LogP contribution in [0.1, 0.15) is 58.3 Å². The normalized spacial score (nSPS) is 55.6. The number of ether oxygens (including phenoxy) is 1. The van der Waals surface area contributed by atoms with Gasteiger partial charge in [-0.2, -0.15) is 4.91 Å². The molecule has 25 heavy (non-hydrogen) atoms. The summed E-state index contributed by atoms with van der Waals surface area (Å²) < 4.78 is 6.37. The Hall–Kier alpha value is -0.960. The number of allylic oxidation sites excluding steroid dienone is 1. The fraction of sp³-hybridized carbons (Fsp3) is 0.818. The first kappa shape index (κ1) is 15.1. The van der Waals surface area contributed by atoms with Gasteiger partial charge in [-0.3, -0.25) is 0 Å². The summed E-state index contributed by atoms with van der Waals surface area (Å²) in [4.78, 5) is 11.1. The molecule has 0 saturated heterocycles. The van der Waals surface area contributed by atoms with Gasteiger partial charge in [0, 0.05) is 5.41 Å². The van der Waals surface area contributed by atoms with E-state index in [0.29, 0.717) is 5.41 Å². The van der Waals surface area contributed by atoms with Crippen LogP contribution in [0.25, 0.3) is 0 Å². The average molecular weight is 339 g/mol. The molecule has 1 heterocycles. The second-order valence-electron chi connectivity index (χ2n) is 9.95. The summed E-state index contributed by atoms with van der Waals surface area (Å²) in [5.74, 6) is 4.24. The Morgan fingerprint density at radius 1 is 1.16 bits per heavy atom. The number of nitrogens with zero attached hydrogens (tertiary/aromatic N) is 1. The Morgan fingerprint density at radius 3 is 2.88 bits per heavy atom. The molecule has 0 bridgehead atoms. The molecule has 0 aromatic rings. The van der Waals surface area contributed by atoms with Crippen molar-refractivity contribution in [2.45, 2.75) is 69.9 Å². The summed E-state index contributed by atoms with van der Waals surface area (Å²) in [6.45, 7) is 3.36. The highest BCUT2D eigenvalue weighted by molar-refractivity contribution is 5.36. The van der Waals surface area contributed by atoms with Crippen molar-refractivity contribution in [3.8, 4) is 0 Å². The van der Waals surface area contributed by atoms with Crippen LogP contribution in [0.4, 0.5) is 0 Å². The standard InChI is InChI=1S/C22H29NO2/c1-21-8-5-15-14-4-3-13(23-24)11-16(14)17-12-18(17)20(15)19(21)6-9-22(21)7-2-10-25-22/h2,7,13,15,17-20H,3-6,8-12H2,1H3/t13?,15?,17?,18?,19?,20?,21-,22-/m0/s1. The van der Waals surface area contributed by atoms with Crippen molar-refractivity contribution < 1.29 is 4.74 Å². The zero-order valence-corrected chi connectivity index (χ0v) is 15.2. The number of fused-ring (bicyclic) bond motifs is 8. The molecule has 6 aliphatic rings. The lowest BCUT2D eigenvalue weighted by Gasteiger charge is -2.54. The molecule has 0 aromatic carbocycles. The van der Waals surface area contributed by atoms with Crippen LogP contribution in [-0.4, -0.2) is 18.2 Å². The van der Waals surface area contributed by atoms with Gasteiger partial charge in [-0.1, -0.05) is 35.4 Å². The minimum atomic E-state index is 0.0424. The summed E-state index contributed by atoms with van der Waals surface area (Å²) in [6, 6.07) is 0.0668. The first-order valence-corrected chi connectivity index (χ1v) is 10.5. The highest BCUT2D eigenvalue weighted by atomic mass is 16.5. The van der Waals surface area contributed by atoms with Crippen molar-refractivity contribution in [3.05, 3.63) is 28.2 Å². The van der Waals surface area contributed by atoms with E-state index in [4.69, 9.17) is 4.74 Å². The number of rotatable bonds is 1. The van der Waals surface area contributed by atoms with Crippen molar-refractivity contribution in [3.63, 3.8) is 0 Å². The molecule has 0 radical (unpaired) electrons. The van der Waals surface area contributed by atoms with Gasteiger partial charge in [-0.25, -0.2) is 0 Å². The second kappa shape index (κ2) is 4.85. The molecule has 1 spiro atoms. The van der Waals surface area contributed by atoms with Crippen molar-refractivity contribution in [2.75, 3.05) is 6.61 Å². The molecule has 3 saturated carbocycles. The Balaban J connectivity index is 1.37. The highest BCUT2D eigenvalue weighted by Crippen LogP contribution is 2.72. The second-order valence-corrected chi connectivity index (χ2v) is 9.95. The molecule has 8 atom stereocenters. The summed E-state index contributed by atoms with van der Waals surface area (Å²) >= 11 is 0. The maximum atomic E-state index is 11.1. The lowest BCUT2D eigenvalue weighted by atomic mass is 9.52. The van der Waals surface area contributed by atoms with Crippen molar-refractivity contribution >= 4 is 0 Å². The van der Waals surface area contributed by atoms with Crippen LogP contribution in [-0.2, 0) is 4.74 Å². The van der Waals surface area contributed by atoms with E-state index >= 15 is 0 Å². The van der Waals surface area contributed by atoms with Crippen LogP contribution in [0.2, 0.25) is 0 Å². The SMILES string of the molecule is C[C@]12CCC3C4=C(CC(N=O)CC4)C4CC4C3C1CC[C@@]21C=CCO1. The lowest BCUT2D eigenvalue weighted by molar-refractivity contribution is -0.103. The summed E-state index contributed by atoms with van der Waals surface area (Å²) in [6.07, 6.45) is 14.5. The predicted octanol–water partition coefficient (Wildman–Crippen LogP) is 5.02. The molecule has 3 fully saturated rings. The van der Waals surface area contributed by atoms with E-state index in [1.165, 1.54) is 32.1 Å². The van der Waals surface area contributed by atoms with Crippen LogP contribution < -0.4 is 0 Å². The zero-order chi connectivity index (χ0) is 16.8. The van der Waals surface area contributed by atoms with E-state index in [9.17, 15) is 4.91 Å². The van der Waals surface area contributed by atoms with Gasteiger partial charge < -0.3 is 4.74 Å². The number of nitroso groups, excluding NO2 is 1. The summed E-state index contributed by atoms with van der Waals surface area (Å²) in [5.41, 5.74) is 3.86. The first-order valence-electron chi connectivity index (χ1n) is 10.5. The summed E-state index contributed by atoms with van der Waals surface area (Å²) in [7, 11) is 0. The smallest absolute Gasteiger partial charge is 0.0959 e. The van der Waals surface area contributed by atoms with Gasteiger partial charge in [0.25, 0.3) is 0 Å². The topological polar surface area (TPSA) is 38.7 Å². The molecule has 3 nitrogen and oxygen atoms in total. The van der Waals surface area contributed by atoms with E-state index in [2.05, 4.69) is 24.3 Å². The minimum Gasteiger partial charge on any atom is -0.366 e. The van der Waals surface area contributed by atoms with Crippen LogP contribution in [0.15, 0.2) is 28.5 Å². The van der Waals surface area contributed by atoms with E-state index in [-0.39, 0.29) is 11.6 Å². The molecule has 6 unspecified atom stereocenters. The molecule has 5 aliphatic carbocycles. The molecule has 0 amide bonds. The van der Waals surface area contributed by atoms with Gasteiger partial charge in [0.15, 0.2) is 0 Å². The van der Waals surface area contributed by atoms with Gasteiger partial charge in [0.1, 0.15) is 0 Å². The molecule has 1 aliphatic heterocycles. The molecule has 134 valence electrons. The first-order chi connectivity index (χ1) is 12.2. The summed E-state index contributed by atoms with van der Waals surface area (Å²) in [5, 5.41) is 3.40. The average Bonchev–Trinajstić information content (AvgIpc) is 3.20. The molecule has 0 N–H and O–H groups in total. The quantitative estimate of drug-likeness (QED) is 0.497. The van der Waals surface area contributed by atoms with Crippen LogP contribution in [0.5, 0.6) is 0 Å². The highest BCUT2D eigenvalue weighted by Gasteiger charge is 2.67. The molecule has 3 heteroatoms. The van der Waals surface area contributed by atoms with E-state index in [1.54, 1.807) is 11.1 Å². The van der Waals surface area contributed by atoms with Crippen molar-refractivity contribution in [2.24, 2.45) is 40.2 Å². The van der Waals surface area contributed by atoms with E-state index in [0.717, 1.165) is 55.5 Å². The van der Waals surface area contributed by atoms with Crippen LogP contribution in [0, 0.1) is 39.9 Å². The van der Waals surface area contributed by atoms with Gasteiger partial charge >= 0.3 is 0 Å². The molecular weight excluding hydrogens is 310 g/mol. The largest absolute Gasteiger partial charge is 0.366 e. The van der Waals surface area contributed by atoms with E-state index < -0.39 is 0 Å². The zero-order valence-electron chi connectivity index (χ0n) is 15.2. The number of hydrogen-bond acceptors (Lipinski definition) is 3. The number of hydrogen-bond donors (Lipinski definition) is 0. The molecular formula is C22H29NO2. The third-order valence-electron chi connectivity index (χ3n) is 9.33. The molecule has 6 rings (SSSR count). The van der Waals surface area contributed by atoms with Crippen LogP contribution >= 0.6 is 0 Å². The van der Waals surface area contributed by atoms with Gasteiger partial charge in [0.2, 0.25) is 0 Å². The monoisotopic (exact) mass is 339 g/mol.